The minimum atomic E-state index is -0.417. The zero-order valence-electron chi connectivity index (χ0n) is 18.2. The van der Waals surface area contributed by atoms with E-state index in [0.717, 1.165) is 16.8 Å². The summed E-state index contributed by atoms with van der Waals surface area (Å²) in [7, 11) is 0. The average Bonchev–Trinajstić information content (AvgIpc) is 2.53. The number of carbonyl (C=O) groups excluding carboxylic acids is 1. The number of pyridine rings is 1. The van der Waals surface area contributed by atoms with E-state index in [9.17, 15) is 9.90 Å². The van der Waals surface area contributed by atoms with Crippen molar-refractivity contribution in [3.63, 3.8) is 0 Å². The minimum absolute atomic E-state index is 0. The second kappa shape index (κ2) is 10.7. The van der Waals surface area contributed by atoms with E-state index >= 15 is 0 Å². The van der Waals surface area contributed by atoms with Crippen molar-refractivity contribution < 1.29 is 30.0 Å². The van der Waals surface area contributed by atoms with Gasteiger partial charge in [0.05, 0.1) is 0 Å². The number of aryl methyl sites for hydroxylation is 2. The van der Waals surface area contributed by atoms with Gasteiger partial charge in [-0.25, -0.2) is 0 Å². The Bertz CT molecular complexity index is 777. The van der Waals surface area contributed by atoms with Crippen LogP contribution in [0.4, 0.5) is 0 Å². The molecule has 1 N–H and O–H groups in total. The number of hydrogen-bond acceptors (Lipinski definition) is 3. The van der Waals surface area contributed by atoms with Crippen LogP contribution in [0, 0.1) is 30.7 Å². The molecule has 155 valence electrons. The zero-order valence-corrected chi connectivity index (χ0v) is 20.6. The molecule has 0 aliphatic carbocycles. The van der Waals surface area contributed by atoms with Crippen LogP contribution < -0.4 is 0 Å². The number of rotatable bonds is 2. The molecule has 2 rings (SSSR count). The van der Waals surface area contributed by atoms with E-state index < -0.39 is 5.41 Å². The Morgan fingerprint density at radius 3 is 2.07 bits per heavy atom. The third-order valence-corrected chi connectivity index (χ3v) is 3.86. The third-order valence-electron chi connectivity index (χ3n) is 3.86. The summed E-state index contributed by atoms with van der Waals surface area (Å²) in [6.07, 6.45) is 3.14. The summed E-state index contributed by atoms with van der Waals surface area (Å²) in [5.74, 6) is 0.104. The van der Waals surface area contributed by atoms with Crippen LogP contribution in [0.2, 0.25) is 0 Å². The fourth-order valence-electron chi connectivity index (χ4n) is 2.11. The van der Waals surface area contributed by atoms with Gasteiger partial charge in [0.2, 0.25) is 0 Å². The Morgan fingerprint density at radius 1 is 1.04 bits per heavy atom. The van der Waals surface area contributed by atoms with Crippen LogP contribution in [0.25, 0.3) is 11.3 Å². The van der Waals surface area contributed by atoms with Crippen molar-refractivity contribution in [2.75, 3.05) is 0 Å². The summed E-state index contributed by atoms with van der Waals surface area (Å²) in [6.45, 7) is 15.3. The van der Waals surface area contributed by atoms with Crippen LogP contribution in [-0.2, 0) is 24.9 Å². The Balaban J connectivity index is 0.000000505. The minimum Gasteiger partial charge on any atom is -0.512 e. The Kier molecular flexibility index (Phi) is 10.0. The van der Waals surface area contributed by atoms with Crippen molar-refractivity contribution in [1.29, 1.82) is 0 Å². The van der Waals surface area contributed by atoms with Crippen molar-refractivity contribution in [3.05, 3.63) is 65.6 Å². The van der Waals surface area contributed by atoms with E-state index in [1.165, 1.54) is 11.6 Å². The van der Waals surface area contributed by atoms with Crippen LogP contribution in [0.5, 0.6) is 0 Å². The maximum absolute atomic E-state index is 11.5. The summed E-state index contributed by atoms with van der Waals surface area (Å²) in [5.41, 5.74) is 3.70. The third kappa shape index (κ3) is 8.95. The predicted octanol–water partition coefficient (Wildman–Crippen LogP) is 6.25. The van der Waals surface area contributed by atoms with Gasteiger partial charge in [0, 0.05) is 43.2 Å². The molecular weight excluding hydrogens is 526 g/mol. The summed E-state index contributed by atoms with van der Waals surface area (Å²) in [4.78, 5) is 15.8. The van der Waals surface area contributed by atoms with Crippen LogP contribution in [-0.4, -0.2) is 15.9 Å². The van der Waals surface area contributed by atoms with Gasteiger partial charge >= 0.3 is 0 Å². The molecule has 0 bridgehead atoms. The average molecular weight is 559 g/mol. The van der Waals surface area contributed by atoms with Crippen LogP contribution in [0.1, 0.15) is 52.7 Å². The van der Waals surface area contributed by atoms with Gasteiger partial charge in [-0.15, -0.1) is 34.9 Å². The van der Waals surface area contributed by atoms with Gasteiger partial charge in [0.1, 0.15) is 5.76 Å². The molecule has 1 aromatic heterocycles. The molecule has 3 nitrogen and oxygen atoms in total. The largest absolute Gasteiger partial charge is 0.512 e. The number of hydrogen-bond donors (Lipinski definition) is 1. The second-order valence-electron chi connectivity index (χ2n) is 8.86. The first-order valence-corrected chi connectivity index (χ1v) is 9.18. The maximum Gasteiger partial charge on any atom is 0.164 e. The van der Waals surface area contributed by atoms with E-state index in [1.54, 1.807) is 6.20 Å². The first kappa shape index (κ1) is 26.2. The van der Waals surface area contributed by atoms with Crippen molar-refractivity contribution in [2.45, 2.75) is 55.4 Å². The Morgan fingerprint density at radius 2 is 1.64 bits per heavy atom. The number of ketones is 1. The van der Waals surface area contributed by atoms with E-state index in [0.29, 0.717) is 0 Å². The molecule has 28 heavy (non-hydrogen) atoms. The number of carbonyl (C=O) groups is 1. The molecule has 1 heterocycles. The Hall–Kier alpha value is -1.77. The molecule has 0 amide bonds. The van der Waals surface area contributed by atoms with Gasteiger partial charge in [-0.3, -0.25) is 4.79 Å². The molecule has 4 heteroatoms. The van der Waals surface area contributed by atoms with E-state index in [1.807, 2.05) is 59.7 Å². The molecule has 0 unspecified atom stereocenters. The zero-order chi connectivity index (χ0) is 20.8. The van der Waals surface area contributed by atoms with Crippen molar-refractivity contribution >= 4 is 5.78 Å². The number of allylic oxidation sites excluding steroid dienone is 2. The number of benzene rings is 1. The molecule has 0 saturated carbocycles. The number of nitrogens with zero attached hydrogens (tertiary/aromatic N) is 1. The SMILES string of the molecule is CC(C)(C)C(=O)/C=C(\O)C(C)(C)C.Cc1[c-]c(-c2ccccn2)cc(C)c1.[Ir]. The fraction of sp³-hybridized carbons (Fsp3) is 0.417. The number of aromatic nitrogens is 1. The van der Waals surface area contributed by atoms with Crippen LogP contribution in [0.15, 0.2) is 48.4 Å². The van der Waals surface area contributed by atoms with E-state index in [-0.39, 0.29) is 37.1 Å². The van der Waals surface area contributed by atoms with Crippen LogP contribution >= 0.6 is 0 Å². The maximum atomic E-state index is 11.5. The van der Waals surface area contributed by atoms with Gasteiger partial charge in [-0.05, 0) is 11.8 Å². The van der Waals surface area contributed by atoms with Crippen molar-refractivity contribution in [1.82, 2.24) is 4.98 Å². The molecule has 0 aliphatic heterocycles. The molecule has 0 aliphatic rings. The first-order chi connectivity index (χ1) is 12.3. The van der Waals surface area contributed by atoms with E-state index in [4.69, 9.17) is 0 Å². The second-order valence-corrected chi connectivity index (χ2v) is 8.86. The topological polar surface area (TPSA) is 50.2 Å². The predicted molar refractivity (Wildman–Crippen MR) is 113 cm³/mol. The molecule has 1 aromatic carbocycles. The molecule has 0 saturated heterocycles. The molecule has 1 radical (unpaired) electrons. The molecule has 0 spiro atoms. The first-order valence-electron chi connectivity index (χ1n) is 9.18. The standard InChI is InChI=1S/C13H12N.C11H20O2.Ir/c1-10-7-11(2)9-12(8-10)13-5-3-4-6-14-13;1-10(2,3)8(12)7-9(13)11(4,5)6;/h3-8H,1-2H3;7,12H,1-6H3;/q-1;;/b;8-7-;. The monoisotopic (exact) mass is 559 g/mol. The van der Waals surface area contributed by atoms with Crippen molar-refractivity contribution in [2.24, 2.45) is 10.8 Å². The fourth-order valence-corrected chi connectivity index (χ4v) is 2.11. The summed E-state index contributed by atoms with van der Waals surface area (Å²) < 4.78 is 0. The quantitative estimate of drug-likeness (QED) is 0.269. The summed E-state index contributed by atoms with van der Waals surface area (Å²) in [5, 5.41) is 9.56. The van der Waals surface area contributed by atoms with Gasteiger partial charge in [-0.1, -0.05) is 67.5 Å². The van der Waals surface area contributed by atoms with Crippen molar-refractivity contribution in [3.8, 4) is 11.3 Å². The van der Waals surface area contributed by atoms with Gasteiger partial charge in [0.25, 0.3) is 0 Å². The van der Waals surface area contributed by atoms with E-state index in [2.05, 4.69) is 37.0 Å². The van der Waals surface area contributed by atoms with Gasteiger partial charge in [-0.2, -0.15) is 0 Å². The Labute approximate surface area is 183 Å². The smallest absolute Gasteiger partial charge is 0.164 e. The van der Waals surface area contributed by atoms with Crippen LogP contribution in [0.3, 0.4) is 0 Å². The van der Waals surface area contributed by atoms with Gasteiger partial charge in [0.15, 0.2) is 5.78 Å². The number of aliphatic hydroxyl groups excluding tert-OH is 1. The molecule has 0 fully saturated rings. The number of aliphatic hydroxyl groups is 1. The molecule has 2 aromatic rings. The summed E-state index contributed by atoms with van der Waals surface area (Å²) >= 11 is 0. The molecule has 0 atom stereocenters. The summed E-state index contributed by atoms with van der Waals surface area (Å²) in [6, 6.07) is 13.4. The van der Waals surface area contributed by atoms with Gasteiger partial charge < -0.3 is 10.1 Å². The normalized spacial score (nSPS) is 11.8. The molecular formula is C24H32IrNO2-.